The number of hydrogen-bond donors (Lipinski definition) is 1. The Hall–Kier alpha value is -1.02. The van der Waals surface area contributed by atoms with Gasteiger partial charge in [0.2, 0.25) is 0 Å². The summed E-state index contributed by atoms with van der Waals surface area (Å²) in [5, 5.41) is 10.3. The lowest BCUT2D eigenvalue weighted by Gasteiger charge is -2.50. The number of aliphatic hydroxyl groups excluding tert-OH is 1. The van der Waals surface area contributed by atoms with Crippen molar-refractivity contribution >= 4 is 0 Å². The first-order valence-corrected chi connectivity index (χ1v) is 6.12. The summed E-state index contributed by atoms with van der Waals surface area (Å²) < 4.78 is 5.48. The number of rotatable bonds is 1. The molecule has 1 aromatic rings. The fourth-order valence-electron chi connectivity index (χ4n) is 3.40. The standard InChI is InChI=1S/C14H18O2/c1-16-11-5-2-4-10-6-7-12(15)14(13(10)11)8-3-9-14/h2,4-5,12,15H,3,6-9H2,1H3. The highest BCUT2D eigenvalue weighted by molar-refractivity contribution is 5.49. The number of fused-ring (bicyclic) bond motifs is 2. The summed E-state index contributed by atoms with van der Waals surface area (Å²) in [6.07, 6.45) is 5.16. The van der Waals surface area contributed by atoms with Crippen molar-refractivity contribution in [3.8, 4) is 5.75 Å². The fraction of sp³-hybridized carbons (Fsp3) is 0.571. The van der Waals surface area contributed by atoms with Crippen LogP contribution in [-0.4, -0.2) is 18.3 Å². The third-order valence-corrected chi connectivity index (χ3v) is 4.40. The maximum atomic E-state index is 10.3. The van der Waals surface area contributed by atoms with Gasteiger partial charge in [-0.3, -0.25) is 0 Å². The Bertz CT molecular complexity index is 393. The molecular weight excluding hydrogens is 200 g/mol. The molecule has 1 spiro atoms. The van der Waals surface area contributed by atoms with Gasteiger partial charge in [0.05, 0.1) is 13.2 Å². The van der Waals surface area contributed by atoms with E-state index in [2.05, 4.69) is 12.1 Å². The van der Waals surface area contributed by atoms with E-state index in [-0.39, 0.29) is 11.5 Å². The van der Waals surface area contributed by atoms with Crippen LogP contribution >= 0.6 is 0 Å². The molecule has 1 saturated carbocycles. The van der Waals surface area contributed by atoms with E-state index in [1.807, 2.05) is 6.07 Å². The van der Waals surface area contributed by atoms with E-state index < -0.39 is 0 Å². The minimum atomic E-state index is -0.176. The zero-order chi connectivity index (χ0) is 11.2. The smallest absolute Gasteiger partial charge is 0.122 e. The summed E-state index contributed by atoms with van der Waals surface area (Å²) in [6.45, 7) is 0. The van der Waals surface area contributed by atoms with Gasteiger partial charge >= 0.3 is 0 Å². The quantitative estimate of drug-likeness (QED) is 0.784. The average Bonchev–Trinajstić information content (AvgIpc) is 2.26. The van der Waals surface area contributed by atoms with Crippen LogP contribution in [0.25, 0.3) is 0 Å². The Labute approximate surface area is 96.2 Å². The van der Waals surface area contributed by atoms with E-state index in [0.717, 1.165) is 31.4 Å². The van der Waals surface area contributed by atoms with E-state index >= 15 is 0 Å². The van der Waals surface area contributed by atoms with Crippen LogP contribution in [0, 0.1) is 0 Å². The van der Waals surface area contributed by atoms with Crippen LogP contribution in [0.4, 0.5) is 0 Å². The average molecular weight is 218 g/mol. The van der Waals surface area contributed by atoms with Crippen molar-refractivity contribution in [2.24, 2.45) is 0 Å². The first-order chi connectivity index (χ1) is 7.78. The molecule has 1 atom stereocenters. The molecule has 0 heterocycles. The lowest BCUT2D eigenvalue weighted by molar-refractivity contribution is 0.0128. The molecular formula is C14H18O2. The first-order valence-electron chi connectivity index (χ1n) is 6.12. The SMILES string of the molecule is COc1cccc2c1C1(CCC1)C(O)CC2. The second kappa shape index (κ2) is 3.49. The lowest BCUT2D eigenvalue weighted by Crippen LogP contribution is -2.48. The molecule has 2 nitrogen and oxygen atoms in total. The third kappa shape index (κ3) is 1.17. The Morgan fingerprint density at radius 2 is 2.19 bits per heavy atom. The summed E-state index contributed by atoms with van der Waals surface area (Å²) in [5.74, 6) is 0.968. The van der Waals surface area contributed by atoms with Crippen LogP contribution in [-0.2, 0) is 11.8 Å². The van der Waals surface area contributed by atoms with Gasteiger partial charge in [0.15, 0.2) is 0 Å². The molecule has 0 saturated heterocycles. The lowest BCUT2D eigenvalue weighted by atomic mass is 9.56. The van der Waals surface area contributed by atoms with Crippen molar-refractivity contribution in [1.29, 1.82) is 0 Å². The second-order valence-corrected chi connectivity index (χ2v) is 5.06. The van der Waals surface area contributed by atoms with E-state index in [9.17, 15) is 5.11 Å². The minimum Gasteiger partial charge on any atom is -0.496 e. The molecule has 3 rings (SSSR count). The van der Waals surface area contributed by atoms with Crippen LogP contribution in [0.2, 0.25) is 0 Å². The first kappa shape index (κ1) is 10.2. The van der Waals surface area contributed by atoms with Crippen molar-refractivity contribution in [3.05, 3.63) is 29.3 Å². The second-order valence-electron chi connectivity index (χ2n) is 5.06. The molecule has 0 aromatic heterocycles. The van der Waals surface area contributed by atoms with E-state index in [1.54, 1.807) is 7.11 Å². The highest BCUT2D eigenvalue weighted by Gasteiger charge is 2.49. The van der Waals surface area contributed by atoms with Gasteiger partial charge in [0.1, 0.15) is 5.75 Å². The molecule has 1 unspecified atom stereocenters. The zero-order valence-electron chi connectivity index (χ0n) is 9.70. The molecule has 2 heteroatoms. The van der Waals surface area contributed by atoms with Gasteiger partial charge in [-0.2, -0.15) is 0 Å². The van der Waals surface area contributed by atoms with Crippen molar-refractivity contribution in [1.82, 2.24) is 0 Å². The highest BCUT2D eigenvalue weighted by atomic mass is 16.5. The Morgan fingerprint density at radius 3 is 2.81 bits per heavy atom. The summed E-state index contributed by atoms with van der Waals surface area (Å²) >= 11 is 0. The number of benzene rings is 1. The Balaban J connectivity index is 2.17. The van der Waals surface area contributed by atoms with Gasteiger partial charge in [0.25, 0.3) is 0 Å². The molecule has 1 aromatic carbocycles. The molecule has 0 radical (unpaired) electrons. The molecule has 2 aliphatic rings. The zero-order valence-corrected chi connectivity index (χ0v) is 9.70. The van der Waals surface area contributed by atoms with Gasteiger partial charge < -0.3 is 9.84 Å². The normalized spacial score (nSPS) is 26.0. The molecule has 1 fully saturated rings. The van der Waals surface area contributed by atoms with Crippen molar-refractivity contribution in [3.63, 3.8) is 0 Å². The molecule has 86 valence electrons. The van der Waals surface area contributed by atoms with Gasteiger partial charge in [0, 0.05) is 11.0 Å². The minimum absolute atomic E-state index is 0.0141. The maximum Gasteiger partial charge on any atom is 0.122 e. The monoisotopic (exact) mass is 218 g/mol. The molecule has 16 heavy (non-hydrogen) atoms. The topological polar surface area (TPSA) is 29.5 Å². The predicted octanol–water partition coefficient (Wildman–Crippen LogP) is 2.42. The van der Waals surface area contributed by atoms with E-state index in [0.29, 0.717) is 0 Å². The molecule has 0 aliphatic heterocycles. The number of methoxy groups -OCH3 is 1. The molecule has 1 N–H and O–H groups in total. The number of hydrogen-bond acceptors (Lipinski definition) is 2. The molecule has 2 aliphatic carbocycles. The van der Waals surface area contributed by atoms with E-state index in [4.69, 9.17) is 4.74 Å². The van der Waals surface area contributed by atoms with Gasteiger partial charge in [-0.05, 0) is 37.3 Å². The maximum absolute atomic E-state index is 10.3. The third-order valence-electron chi connectivity index (χ3n) is 4.40. The summed E-state index contributed by atoms with van der Waals surface area (Å²) in [5.41, 5.74) is 2.69. The van der Waals surface area contributed by atoms with Crippen LogP contribution in [0.15, 0.2) is 18.2 Å². The van der Waals surface area contributed by atoms with Crippen LogP contribution in [0.3, 0.4) is 0 Å². The van der Waals surface area contributed by atoms with Crippen LogP contribution < -0.4 is 4.74 Å². The highest BCUT2D eigenvalue weighted by Crippen LogP contribution is 2.54. The molecule has 0 amide bonds. The summed E-state index contributed by atoms with van der Waals surface area (Å²) in [7, 11) is 1.73. The van der Waals surface area contributed by atoms with Gasteiger partial charge in [-0.15, -0.1) is 0 Å². The fourth-order valence-corrected chi connectivity index (χ4v) is 3.40. The van der Waals surface area contributed by atoms with Gasteiger partial charge in [-0.25, -0.2) is 0 Å². The summed E-state index contributed by atoms with van der Waals surface area (Å²) in [6, 6.07) is 6.27. The molecule has 0 bridgehead atoms. The number of ether oxygens (including phenoxy) is 1. The number of aliphatic hydroxyl groups is 1. The summed E-state index contributed by atoms with van der Waals surface area (Å²) in [4.78, 5) is 0. The van der Waals surface area contributed by atoms with Gasteiger partial charge in [-0.1, -0.05) is 18.6 Å². The van der Waals surface area contributed by atoms with Crippen molar-refractivity contribution in [2.75, 3.05) is 7.11 Å². The van der Waals surface area contributed by atoms with Crippen LogP contribution in [0.1, 0.15) is 36.8 Å². The number of aryl methyl sites for hydroxylation is 1. The van der Waals surface area contributed by atoms with Crippen LogP contribution in [0.5, 0.6) is 5.75 Å². The Kier molecular flexibility index (Phi) is 2.21. The van der Waals surface area contributed by atoms with Crippen molar-refractivity contribution in [2.45, 2.75) is 43.6 Å². The largest absolute Gasteiger partial charge is 0.496 e. The van der Waals surface area contributed by atoms with E-state index in [1.165, 1.54) is 17.5 Å². The van der Waals surface area contributed by atoms with Crippen molar-refractivity contribution < 1.29 is 9.84 Å². The predicted molar refractivity (Wildman–Crippen MR) is 62.9 cm³/mol. The Morgan fingerprint density at radius 1 is 1.38 bits per heavy atom.